The molecule has 2 heterocycles. The minimum atomic E-state index is -0.318. The summed E-state index contributed by atoms with van der Waals surface area (Å²) in [5, 5.41) is 12.0. The lowest BCUT2D eigenvalue weighted by atomic mass is 10.1. The predicted octanol–water partition coefficient (Wildman–Crippen LogP) is 2.17. The molecule has 2 aliphatic rings. The molecule has 4 rings (SSSR count). The number of aliphatic hydroxyl groups excluding tert-OH is 1. The van der Waals surface area contributed by atoms with Crippen molar-refractivity contribution in [3.05, 3.63) is 42.2 Å². The summed E-state index contributed by atoms with van der Waals surface area (Å²) in [6, 6.07) is 9.14. The van der Waals surface area contributed by atoms with Crippen molar-refractivity contribution in [2.24, 2.45) is 17.8 Å². The number of piperidine rings is 1. The van der Waals surface area contributed by atoms with Crippen molar-refractivity contribution in [2.45, 2.75) is 0 Å². The lowest BCUT2D eigenvalue weighted by molar-refractivity contribution is 0.203. The van der Waals surface area contributed by atoms with Gasteiger partial charge in [-0.05, 0) is 54.2 Å². The Balaban J connectivity index is 1.48. The number of nitrogens with zero attached hydrogens (tertiary/aromatic N) is 2. The first kappa shape index (κ1) is 15.8. The van der Waals surface area contributed by atoms with Crippen molar-refractivity contribution in [1.82, 2.24) is 9.88 Å². The number of fused-ring (bicyclic) bond motifs is 1. The third-order valence-electron chi connectivity index (χ3n) is 5.16. The number of carbonyl (C=O) groups excluding carboxylic acids is 1. The van der Waals surface area contributed by atoms with Gasteiger partial charge < -0.3 is 15.7 Å². The van der Waals surface area contributed by atoms with Crippen LogP contribution in [-0.4, -0.2) is 40.7 Å². The molecular weight excluding hydrogens is 323 g/mol. The number of nitrogens with two attached hydrogens (primary N) is 1. The molecule has 1 aliphatic heterocycles. The van der Waals surface area contributed by atoms with Gasteiger partial charge in [0, 0.05) is 25.3 Å². The molecule has 1 aromatic heterocycles. The third-order valence-corrected chi connectivity index (χ3v) is 5.16. The number of likely N-dealkylation sites (tertiary alicyclic amines) is 1. The Morgan fingerprint density at radius 1 is 1.24 bits per heavy atom. The third kappa shape index (κ3) is 2.91. The van der Waals surface area contributed by atoms with E-state index in [0.717, 1.165) is 5.56 Å². The van der Waals surface area contributed by atoms with E-state index in [1.165, 1.54) is 12.1 Å². The molecule has 2 aromatic rings. The Kier molecular flexibility index (Phi) is 3.80. The number of hydrogen-bond donors (Lipinski definition) is 3. The highest BCUT2D eigenvalue weighted by atomic mass is 19.1. The maximum Gasteiger partial charge on any atom is 0.323 e. The van der Waals surface area contributed by atoms with Gasteiger partial charge in [-0.25, -0.2) is 14.2 Å². The second kappa shape index (κ2) is 6.00. The van der Waals surface area contributed by atoms with E-state index in [-0.39, 0.29) is 18.5 Å². The average molecular weight is 342 g/mol. The first-order valence-electron chi connectivity index (χ1n) is 8.26. The van der Waals surface area contributed by atoms with Gasteiger partial charge in [0.1, 0.15) is 5.82 Å². The predicted molar refractivity (Wildman–Crippen MR) is 92.2 cm³/mol. The van der Waals surface area contributed by atoms with Crippen molar-refractivity contribution >= 4 is 17.5 Å². The zero-order valence-electron chi connectivity index (χ0n) is 13.5. The van der Waals surface area contributed by atoms with E-state index in [0.29, 0.717) is 48.0 Å². The number of anilines is 2. The Morgan fingerprint density at radius 2 is 1.92 bits per heavy atom. The number of benzene rings is 1. The van der Waals surface area contributed by atoms with Gasteiger partial charge in [-0.3, -0.25) is 5.32 Å². The molecular formula is C18H19FN4O2. The van der Waals surface area contributed by atoms with Crippen LogP contribution < -0.4 is 11.1 Å². The molecule has 6 nitrogen and oxygen atoms in total. The van der Waals surface area contributed by atoms with Gasteiger partial charge in [-0.1, -0.05) is 0 Å². The maximum absolute atomic E-state index is 13.1. The molecule has 0 unspecified atom stereocenters. The highest BCUT2D eigenvalue weighted by molar-refractivity contribution is 5.92. The number of pyridine rings is 1. The molecule has 1 aromatic carbocycles. The molecule has 0 bridgehead atoms. The smallest absolute Gasteiger partial charge is 0.323 e. The fourth-order valence-corrected chi connectivity index (χ4v) is 3.62. The van der Waals surface area contributed by atoms with Crippen LogP contribution in [0.5, 0.6) is 0 Å². The molecule has 1 saturated carbocycles. The minimum Gasteiger partial charge on any atom is -0.396 e. The summed E-state index contributed by atoms with van der Waals surface area (Å²) in [6.07, 6.45) is 0. The van der Waals surface area contributed by atoms with Crippen molar-refractivity contribution in [3.63, 3.8) is 0 Å². The number of urea groups is 1. The lowest BCUT2D eigenvalue weighted by Gasteiger charge is -2.20. The number of aliphatic hydroxyl groups is 1. The van der Waals surface area contributed by atoms with Gasteiger partial charge in [-0.15, -0.1) is 0 Å². The van der Waals surface area contributed by atoms with Crippen LogP contribution in [0.3, 0.4) is 0 Å². The van der Waals surface area contributed by atoms with Crippen molar-refractivity contribution in [1.29, 1.82) is 0 Å². The zero-order chi connectivity index (χ0) is 17.6. The fourth-order valence-electron chi connectivity index (χ4n) is 3.62. The highest BCUT2D eigenvalue weighted by Crippen LogP contribution is 2.51. The average Bonchev–Trinajstić information content (AvgIpc) is 3.08. The van der Waals surface area contributed by atoms with E-state index in [1.807, 2.05) is 0 Å². The van der Waals surface area contributed by atoms with Gasteiger partial charge in [-0.2, -0.15) is 0 Å². The Labute approximate surface area is 144 Å². The van der Waals surface area contributed by atoms with Gasteiger partial charge >= 0.3 is 6.03 Å². The Bertz CT molecular complexity index is 799. The van der Waals surface area contributed by atoms with Crippen LogP contribution in [0.2, 0.25) is 0 Å². The topological polar surface area (TPSA) is 91.5 Å². The molecule has 25 heavy (non-hydrogen) atoms. The van der Waals surface area contributed by atoms with Gasteiger partial charge in [0.2, 0.25) is 0 Å². The number of carbonyl (C=O) groups is 1. The summed E-state index contributed by atoms with van der Waals surface area (Å²) in [7, 11) is 0. The summed E-state index contributed by atoms with van der Waals surface area (Å²) >= 11 is 0. The molecule has 130 valence electrons. The van der Waals surface area contributed by atoms with Crippen molar-refractivity contribution in [2.75, 3.05) is 30.7 Å². The molecule has 2 fully saturated rings. The normalized spacial score (nSPS) is 24.1. The molecule has 1 saturated heterocycles. The first-order chi connectivity index (χ1) is 12.1. The van der Waals surface area contributed by atoms with Crippen molar-refractivity contribution in [3.8, 4) is 11.3 Å². The van der Waals surface area contributed by atoms with Crippen LogP contribution >= 0.6 is 0 Å². The molecule has 0 radical (unpaired) electrons. The summed E-state index contributed by atoms with van der Waals surface area (Å²) < 4.78 is 13.1. The molecule has 1 aliphatic carbocycles. The van der Waals surface area contributed by atoms with E-state index in [1.54, 1.807) is 29.2 Å². The summed E-state index contributed by atoms with van der Waals surface area (Å²) in [6.45, 7) is 1.50. The van der Waals surface area contributed by atoms with Crippen LogP contribution in [-0.2, 0) is 0 Å². The van der Waals surface area contributed by atoms with Crippen LogP contribution in [0.1, 0.15) is 0 Å². The number of nitrogen functional groups attached to an aromatic ring is 1. The van der Waals surface area contributed by atoms with E-state index in [9.17, 15) is 14.3 Å². The monoisotopic (exact) mass is 342 g/mol. The van der Waals surface area contributed by atoms with E-state index < -0.39 is 0 Å². The van der Waals surface area contributed by atoms with Crippen molar-refractivity contribution < 1.29 is 14.3 Å². The number of hydrogen-bond acceptors (Lipinski definition) is 4. The van der Waals surface area contributed by atoms with Crippen LogP contribution in [0, 0.1) is 23.6 Å². The highest BCUT2D eigenvalue weighted by Gasteiger charge is 2.56. The van der Waals surface area contributed by atoms with Gasteiger partial charge in [0.25, 0.3) is 0 Å². The lowest BCUT2D eigenvalue weighted by Crippen LogP contribution is -2.36. The van der Waals surface area contributed by atoms with Crippen LogP contribution in [0.15, 0.2) is 36.4 Å². The molecule has 7 heteroatoms. The number of aromatic nitrogens is 1. The largest absolute Gasteiger partial charge is 0.396 e. The first-order valence-corrected chi connectivity index (χ1v) is 8.26. The van der Waals surface area contributed by atoms with Crippen LogP contribution in [0.25, 0.3) is 11.3 Å². The van der Waals surface area contributed by atoms with E-state index in [4.69, 9.17) is 5.73 Å². The minimum absolute atomic E-state index is 0.193. The molecule has 2 amide bonds. The summed E-state index contributed by atoms with van der Waals surface area (Å²) in [5.41, 5.74) is 7.65. The summed E-state index contributed by atoms with van der Waals surface area (Å²) in [5.74, 6) is 1.14. The standard InChI is InChI=1S/C18H19FN4O2/c19-11-3-1-10(2-4-11)16-6-5-15(20)17(21-16)22-18(25)23-7-12-13(8-23)14(12)9-24/h1-6,12-14,24H,7-9,20H2,(H,21,22,25)/t12-,13+,14+. The second-order valence-electron chi connectivity index (χ2n) is 6.65. The molecule has 4 N–H and O–H groups in total. The number of halogens is 1. The maximum atomic E-state index is 13.1. The van der Waals surface area contributed by atoms with Gasteiger partial charge in [0.15, 0.2) is 5.82 Å². The Hall–Kier alpha value is -2.67. The second-order valence-corrected chi connectivity index (χ2v) is 6.65. The Morgan fingerprint density at radius 3 is 2.56 bits per heavy atom. The van der Waals surface area contributed by atoms with Crippen LogP contribution in [0.4, 0.5) is 20.7 Å². The number of rotatable bonds is 3. The SMILES string of the molecule is Nc1ccc(-c2ccc(F)cc2)nc1NC(=O)N1C[C@@H]2[C@@H](CO)[C@@H]2C1. The van der Waals surface area contributed by atoms with E-state index >= 15 is 0 Å². The fraction of sp³-hybridized carbons (Fsp3) is 0.333. The molecule has 3 atom stereocenters. The number of nitrogens with one attached hydrogen (secondary N) is 1. The number of amides is 2. The summed E-state index contributed by atoms with van der Waals surface area (Å²) in [4.78, 5) is 18.6. The quantitative estimate of drug-likeness (QED) is 0.797. The molecule has 0 spiro atoms. The van der Waals surface area contributed by atoms with Gasteiger partial charge in [0.05, 0.1) is 11.4 Å². The zero-order valence-corrected chi connectivity index (χ0v) is 13.5. The van der Waals surface area contributed by atoms with E-state index in [2.05, 4.69) is 10.3 Å².